The summed E-state index contributed by atoms with van der Waals surface area (Å²) in [7, 11) is -3.68. The van der Waals surface area contributed by atoms with Gasteiger partial charge >= 0.3 is 0 Å². The van der Waals surface area contributed by atoms with Gasteiger partial charge in [-0.1, -0.05) is 12.1 Å². The van der Waals surface area contributed by atoms with E-state index in [1.165, 1.54) is 12.1 Å². The van der Waals surface area contributed by atoms with Crippen LogP contribution >= 0.6 is 0 Å². The van der Waals surface area contributed by atoms with Crippen LogP contribution in [-0.4, -0.2) is 18.7 Å². The standard InChI is InChI=1S/C21H17F3N2O2S/c22-18-5-6-20(26-29(27,28)16-3-4-16)17(21(18)24)11-15-2-1-14(12-19(15)23)13-7-9-25-10-8-13/h1-2,5-10,12,16,26H,3-4,11H2. The van der Waals surface area contributed by atoms with Gasteiger partial charge in [-0.2, -0.15) is 0 Å². The molecule has 150 valence electrons. The van der Waals surface area contributed by atoms with Crippen LogP contribution in [0.3, 0.4) is 0 Å². The summed E-state index contributed by atoms with van der Waals surface area (Å²) in [5.41, 5.74) is 1.20. The Morgan fingerprint density at radius 2 is 1.66 bits per heavy atom. The first-order valence-corrected chi connectivity index (χ1v) is 10.6. The summed E-state index contributed by atoms with van der Waals surface area (Å²) < 4.78 is 69.7. The number of hydrogen-bond acceptors (Lipinski definition) is 3. The molecule has 1 aromatic heterocycles. The van der Waals surface area contributed by atoms with Crippen molar-refractivity contribution in [3.63, 3.8) is 0 Å². The molecule has 1 N–H and O–H groups in total. The van der Waals surface area contributed by atoms with Gasteiger partial charge in [-0.15, -0.1) is 0 Å². The van der Waals surface area contributed by atoms with Crippen LogP contribution in [-0.2, 0) is 16.4 Å². The fraction of sp³-hybridized carbons (Fsp3) is 0.190. The van der Waals surface area contributed by atoms with E-state index in [1.54, 1.807) is 30.6 Å². The summed E-state index contributed by atoms with van der Waals surface area (Å²) in [5.74, 6) is -2.92. The van der Waals surface area contributed by atoms with Crippen LogP contribution in [0.25, 0.3) is 11.1 Å². The van der Waals surface area contributed by atoms with Crippen LogP contribution in [0, 0.1) is 17.5 Å². The van der Waals surface area contributed by atoms with Crippen LogP contribution in [0.4, 0.5) is 18.9 Å². The molecule has 4 rings (SSSR count). The number of nitrogens with zero attached hydrogens (tertiary/aromatic N) is 1. The van der Waals surface area contributed by atoms with E-state index in [0.29, 0.717) is 18.4 Å². The molecule has 0 radical (unpaired) electrons. The smallest absolute Gasteiger partial charge is 0.235 e. The van der Waals surface area contributed by atoms with E-state index >= 15 is 0 Å². The lowest BCUT2D eigenvalue weighted by Crippen LogP contribution is -2.19. The molecule has 1 aliphatic carbocycles. The number of nitrogens with one attached hydrogen (secondary N) is 1. The molecule has 0 spiro atoms. The van der Waals surface area contributed by atoms with Gasteiger partial charge in [-0.3, -0.25) is 9.71 Å². The first-order valence-electron chi connectivity index (χ1n) is 9.02. The monoisotopic (exact) mass is 418 g/mol. The molecule has 1 aliphatic rings. The molecule has 0 saturated heterocycles. The fourth-order valence-corrected chi connectivity index (χ4v) is 4.50. The maximum absolute atomic E-state index is 14.7. The van der Waals surface area contributed by atoms with Crippen molar-refractivity contribution in [1.29, 1.82) is 0 Å². The SMILES string of the molecule is O=S(=O)(Nc1ccc(F)c(F)c1Cc1ccc(-c2ccncc2)cc1F)C1CC1. The zero-order valence-electron chi connectivity index (χ0n) is 15.2. The van der Waals surface area contributed by atoms with Crippen LogP contribution in [0.15, 0.2) is 54.9 Å². The Labute approximate surface area is 166 Å². The Morgan fingerprint density at radius 3 is 2.31 bits per heavy atom. The van der Waals surface area contributed by atoms with Gasteiger partial charge in [-0.05, 0) is 59.9 Å². The lowest BCUT2D eigenvalue weighted by atomic mass is 9.99. The van der Waals surface area contributed by atoms with Crippen molar-refractivity contribution in [1.82, 2.24) is 4.98 Å². The van der Waals surface area contributed by atoms with Gasteiger partial charge in [-0.25, -0.2) is 21.6 Å². The number of hydrogen-bond donors (Lipinski definition) is 1. The van der Waals surface area contributed by atoms with Gasteiger partial charge in [0.15, 0.2) is 11.6 Å². The molecule has 1 fully saturated rings. The number of benzene rings is 2. The summed E-state index contributed by atoms with van der Waals surface area (Å²) in [6.07, 6.45) is 3.93. The number of aromatic nitrogens is 1. The Balaban J connectivity index is 1.68. The average molecular weight is 418 g/mol. The van der Waals surface area contributed by atoms with Crippen LogP contribution < -0.4 is 4.72 Å². The third-order valence-electron chi connectivity index (χ3n) is 4.85. The highest BCUT2D eigenvalue weighted by atomic mass is 32.2. The topological polar surface area (TPSA) is 59.1 Å². The molecule has 0 amide bonds. The predicted molar refractivity (Wildman–Crippen MR) is 104 cm³/mol. The summed E-state index contributed by atoms with van der Waals surface area (Å²) in [5, 5.41) is -0.528. The molecule has 0 atom stereocenters. The van der Waals surface area contributed by atoms with Gasteiger partial charge in [0.2, 0.25) is 10.0 Å². The van der Waals surface area contributed by atoms with Crippen molar-refractivity contribution < 1.29 is 21.6 Å². The number of pyridine rings is 1. The molecule has 2 aromatic carbocycles. The molecule has 29 heavy (non-hydrogen) atoms. The van der Waals surface area contributed by atoms with Gasteiger partial charge < -0.3 is 0 Å². The average Bonchev–Trinajstić information content (AvgIpc) is 3.55. The van der Waals surface area contributed by atoms with Crippen LogP contribution in [0.5, 0.6) is 0 Å². The summed E-state index contributed by atoms with van der Waals surface area (Å²) in [6, 6.07) is 9.92. The molecule has 0 aliphatic heterocycles. The Morgan fingerprint density at radius 1 is 0.931 bits per heavy atom. The van der Waals surface area contributed by atoms with Crippen molar-refractivity contribution >= 4 is 15.7 Å². The third-order valence-corrected chi connectivity index (χ3v) is 6.70. The van der Waals surface area contributed by atoms with E-state index in [0.717, 1.165) is 17.7 Å². The summed E-state index contributed by atoms with van der Waals surface area (Å²) >= 11 is 0. The first-order chi connectivity index (χ1) is 13.8. The quantitative estimate of drug-likeness (QED) is 0.633. The minimum absolute atomic E-state index is 0.0755. The van der Waals surface area contributed by atoms with E-state index in [9.17, 15) is 21.6 Å². The number of halogens is 3. The number of anilines is 1. The molecule has 8 heteroatoms. The lowest BCUT2D eigenvalue weighted by Gasteiger charge is -2.14. The highest BCUT2D eigenvalue weighted by Gasteiger charge is 2.36. The largest absolute Gasteiger partial charge is 0.283 e. The van der Waals surface area contributed by atoms with Crippen molar-refractivity contribution in [2.24, 2.45) is 0 Å². The van der Waals surface area contributed by atoms with Crippen LogP contribution in [0.1, 0.15) is 24.0 Å². The molecule has 1 saturated carbocycles. The fourth-order valence-electron chi connectivity index (χ4n) is 3.08. The Bertz CT molecular complexity index is 1160. The second-order valence-corrected chi connectivity index (χ2v) is 8.91. The van der Waals surface area contributed by atoms with E-state index in [4.69, 9.17) is 0 Å². The molecule has 1 heterocycles. The summed E-state index contributed by atoms with van der Waals surface area (Å²) in [4.78, 5) is 3.91. The molecule has 3 aromatic rings. The van der Waals surface area contributed by atoms with Crippen molar-refractivity contribution in [2.45, 2.75) is 24.5 Å². The number of rotatable bonds is 6. The highest BCUT2D eigenvalue weighted by Crippen LogP contribution is 2.33. The van der Waals surface area contributed by atoms with Crippen LogP contribution in [0.2, 0.25) is 0 Å². The van der Waals surface area contributed by atoms with Gasteiger partial charge in [0.25, 0.3) is 0 Å². The van der Waals surface area contributed by atoms with E-state index < -0.39 is 32.7 Å². The first kappa shape index (κ1) is 19.4. The van der Waals surface area contributed by atoms with Gasteiger partial charge in [0.1, 0.15) is 5.82 Å². The second kappa shape index (κ2) is 7.51. The zero-order valence-corrected chi connectivity index (χ0v) is 16.0. The predicted octanol–water partition coefficient (Wildman–Crippen LogP) is 4.66. The van der Waals surface area contributed by atoms with Gasteiger partial charge in [0, 0.05) is 24.4 Å². The molecule has 0 unspecified atom stereocenters. The van der Waals surface area contributed by atoms with Crippen molar-refractivity contribution in [2.75, 3.05) is 4.72 Å². The number of sulfonamides is 1. The molecule has 4 nitrogen and oxygen atoms in total. The maximum atomic E-state index is 14.7. The Kier molecular flexibility index (Phi) is 5.04. The molecule has 0 bridgehead atoms. The van der Waals surface area contributed by atoms with Crippen molar-refractivity contribution in [3.8, 4) is 11.1 Å². The normalized spacial score (nSPS) is 14.0. The van der Waals surface area contributed by atoms with Gasteiger partial charge in [0.05, 0.1) is 10.9 Å². The van der Waals surface area contributed by atoms with Crippen molar-refractivity contribution in [3.05, 3.63) is 83.4 Å². The van der Waals surface area contributed by atoms with E-state index in [-0.39, 0.29) is 23.2 Å². The molecular formula is C21H17F3N2O2S. The maximum Gasteiger partial charge on any atom is 0.235 e. The van der Waals surface area contributed by atoms with E-state index in [1.807, 2.05) is 0 Å². The van der Waals surface area contributed by atoms with E-state index in [2.05, 4.69) is 9.71 Å². The summed E-state index contributed by atoms with van der Waals surface area (Å²) in [6.45, 7) is 0. The lowest BCUT2D eigenvalue weighted by molar-refractivity contribution is 0.500. The highest BCUT2D eigenvalue weighted by molar-refractivity contribution is 7.93. The minimum Gasteiger partial charge on any atom is -0.283 e. The minimum atomic E-state index is -3.68. The Hall–Kier alpha value is -2.87. The molecular weight excluding hydrogens is 401 g/mol. The third kappa shape index (κ3) is 4.12. The second-order valence-electron chi connectivity index (χ2n) is 6.95. The zero-order chi connectivity index (χ0) is 20.6.